The minimum atomic E-state index is -5.28. The van der Waals surface area contributed by atoms with Crippen LogP contribution in [-0.2, 0) is 57.4 Å². The highest BCUT2D eigenvalue weighted by Crippen LogP contribution is 2.56. The van der Waals surface area contributed by atoms with Crippen LogP contribution in [-0.4, -0.2) is 52.1 Å². The Hall–Kier alpha value is -2.92. The average Bonchev–Trinajstić information content (AvgIpc) is 3.10. The number of unbranched alkanes of at least 4 members (excludes halogenated alkanes) is 2. The van der Waals surface area contributed by atoms with Gasteiger partial charge in [0.05, 0.1) is 31.8 Å². The first-order valence-electron chi connectivity index (χ1n) is 17.9. The molecular weight excluding hydrogens is 671 g/mol. The Morgan fingerprint density at radius 2 is 1.25 bits per heavy atom. The Morgan fingerprint density at radius 1 is 0.765 bits per heavy atom. The van der Waals surface area contributed by atoms with E-state index < -0.39 is 48.9 Å². The van der Waals surface area contributed by atoms with E-state index >= 15 is 0 Å². The van der Waals surface area contributed by atoms with E-state index in [2.05, 4.69) is 0 Å². The van der Waals surface area contributed by atoms with Crippen LogP contribution in [0.4, 0.5) is 0 Å². The number of hydrogen-bond donors (Lipinski definition) is 2. The molecule has 0 amide bonds. The summed E-state index contributed by atoms with van der Waals surface area (Å²) in [5.41, 5.74) is -0.159. The predicted octanol–water partition coefficient (Wildman–Crippen LogP) is 8.29. The molecule has 1 saturated heterocycles. The number of rotatable bonds is 19. The van der Waals surface area contributed by atoms with Gasteiger partial charge in [0.1, 0.15) is 18.3 Å². The van der Waals surface area contributed by atoms with Crippen LogP contribution in [0.5, 0.6) is 0 Å². The predicted molar refractivity (Wildman–Crippen MR) is 194 cm³/mol. The summed E-state index contributed by atoms with van der Waals surface area (Å²) in [5, 5.41) is 0. The van der Waals surface area contributed by atoms with Crippen molar-refractivity contribution < 1.29 is 47.4 Å². The van der Waals surface area contributed by atoms with Gasteiger partial charge in [0.25, 0.3) is 0 Å². The molecule has 3 aromatic rings. The zero-order valence-corrected chi connectivity index (χ0v) is 31.5. The van der Waals surface area contributed by atoms with Crippen LogP contribution in [0.25, 0.3) is 0 Å². The van der Waals surface area contributed by atoms with Crippen LogP contribution in [0, 0.1) is 5.41 Å². The van der Waals surface area contributed by atoms with Gasteiger partial charge in [0.15, 0.2) is 5.60 Å². The number of esters is 1. The highest BCUT2D eigenvalue weighted by Gasteiger charge is 2.70. The lowest BCUT2D eigenvalue weighted by atomic mass is 9.73. The summed E-state index contributed by atoms with van der Waals surface area (Å²) in [6, 6.07) is 28.8. The SMILES string of the molecule is CCCC[C@@]1(OP(=O)(O)O)O[C@H](COCc2ccccc2)[C@H](OCc2ccccc2)[C@H](OCc2ccccc2)[C@@]1(CCCC)OC(=O)C(C)(C)C. The van der Waals surface area contributed by atoms with E-state index in [1.807, 2.05) is 105 Å². The molecule has 2 N–H and O–H groups in total. The van der Waals surface area contributed by atoms with E-state index in [0.717, 1.165) is 16.7 Å². The number of phosphoric ester groups is 1. The Morgan fingerprint density at radius 3 is 1.75 bits per heavy atom. The normalized spacial score (nSPS) is 23.9. The second kappa shape index (κ2) is 18.7. The number of carbonyl (C=O) groups excluding carboxylic acids is 1. The number of benzene rings is 3. The minimum absolute atomic E-state index is 0.00152. The van der Waals surface area contributed by atoms with E-state index in [1.54, 1.807) is 20.8 Å². The van der Waals surface area contributed by atoms with Gasteiger partial charge < -0.3 is 33.5 Å². The van der Waals surface area contributed by atoms with Crippen molar-refractivity contribution in [3.8, 4) is 0 Å². The van der Waals surface area contributed by atoms with E-state index in [9.17, 15) is 19.1 Å². The smallest absolute Gasteiger partial charge is 0.450 e. The van der Waals surface area contributed by atoms with Crippen LogP contribution in [0.3, 0.4) is 0 Å². The largest absolute Gasteiger partial charge is 0.472 e. The van der Waals surface area contributed by atoms with Gasteiger partial charge in [-0.2, -0.15) is 0 Å². The number of hydrogen-bond acceptors (Lipinski definition) is 8. The van der Waals surface area contributed by atoms with Crippen LogP contribution < -0.4 is 0 Å². The molecule has 10 nitrogen and oxygen atoms in total. The second-order valence-electron chi connectivity index (χ2n) is 14.2. The van der Waals surface area contributed by atoms with Crippen LogP contribution >= 0.6 is 7.82 Å². The molecule has 1 aliphatic heterocycles. The molecule has 1 aliphatic rings. The highest BCUT2D eigenvalue weighted by molar-refractivity contribution is 7.46. The molecule has 0 radical (unpaired) electrons. The van der Waals surface area contributed by atoms with Gasteiger partial charge in [-0.15, -0.1) is 0 Å². The number of carbonyl (C=O) groups is 1. The molecule has 4 rings (SSSR count). The van der Waals surface area contributed by atoms with Crippen molar-refractivity contribution >= 4 is 13.8 Å². The highest BCUT2D eigenvalue weighted by atomic mass is 31.2. The van der Waals surface area contributed by atoms with Gasteiger partial charge in [-0.3, -0.25) is 4.79 Å². The number of phosphoric acid groups is 1. The maximum absolute atomic E-state index is 14.1. The van der Waals surface area contributed by atoms with Gasteiger partial charge in [-0.25, -0.2) is 9.09 Å². The zero-order chi connectivity index (χ0) is 37.0. The number of ether oxygens (including phenoxy) is 5. The molecule has 11 heteroatoms. The maximum atomic E-state index is 14.1. The standard InChI is InChI=1S/C40H55O10P/c1-6-8-25-39(49-37(41)38(3,4)5)36(47-29-33-23-17-12-18-24-33)35(46-28-32-21-15-11-16-22-32)34(30-45-27-31-19-13-10-14-20-31)48-40(39,26-9-7-2)50-51(42,43)44/h10-24,34-36H,6-9,25-30H2,1-5H3,(H2,42,43,44)/t34-,35+,36+,39-,40+/m1/s1. The molecule has 51 heavy (non-hydrogen) atoms. The molecule has 1 heterocycles. The summed E-state index contributed by atoms with van der Waals surface area (Å²) in [7, 11) is -5.28. The van der Waals surface area contributed by atoms with Crippen LogP contribution in [0.15, 0.2) is 91.0 Å². The van der Waals surface area contributed by atoms with Crippen LogP contribution in [0.2, 0.25) is 0 Å². The van der Waals surface area contributed by atoms with Crippen molar-refractivity contribution in [3.63, 3.8) is 0 Å². The topological polar surface area (TPSA) is 130 Å². The van der Waals surface area contributed by atoms with E-state index in [0.29, 0.717) is 25.7 Å². The summed E-state index contributed by atoms with van der Waals surface area (Å²) in [6.07, 6.45) is -0.593. The minimum Gasteiger partial charge on any atom is -0.450 e. The molecule has 0 bridgehead atoms. The Balaban J connectivity index is 1.93. The van der Waals surface area contributed by atoms with Gasteiger partial charge in [-0.1, -0.05) is 118 Å². The summed E-state index contributed by atoms with van der Waals surface area (Å²) < 4.78 is 52.3. The van der Waals surface area contributed by atoms with Crippen molar-refractivity contribution in [3.05, 3.63) is 108 Å². The van der Waals surface area contributed by atoms with Crippen molar-refractivity contribution in [2.24, 2.45) is 5.41 Å². The van der Waals surface area contributed by atoms with Crippen LogP contribution in [0.1, 0.15) is 89.8 Å². The fourth-order valence-electron chi connectivity index (χ4n) is 6.33. The summed E-state index contributed by atoms with van der Waals surface area (Å²) >= 11 is 0. The first kappa shape index (κ1) is 40.8. The maximum Gasteiger partial charge on any atom is 0.472 e. The molecule has 0 unspecified atom stereocenters. The van der Waals surface area contributed by atoms with E-state index in [-0.39, 0.29) is 39.3 Å². The molecule has 0 saturated carbocycles. The lowest BCUT2D eigenvalue weighted by Crippen LogP contribution is -2.76. The summed E-state index contributed by atoms with van der Waals surface area (Å²) in [4.78, 5) is 35.2. The molecule has 1 fully saturated rings. The van der Waals surface area contributed by atoms with Gasteiger partial charge in [0.2, 0.25) is 5.79 Å². The third-order valence-corrected chi connectivity index (χ3v) is 9.51. The van der Waals surface area contributed by atoms with Crippen molar-refractivity contribution in [1.82, 2.24) is 0 Å². The van der Waals surface area contributed by atoms with E-state index in [1.165, 1.54) is 0 Å². The molecule has 0 aromatic heterocycles. The molecule has 5 atom stereocenters. The fourth-order valence-corrected chi connectivity index (χ4v) is 7.00. The zero-order valence-electron chi connectivity index (χ0n) is 30.6. The average molecular weight is 727 g/mol. The monoisotopic (exact) mass is 726 g/mol. The fraction of sp³-hybridized carbons (Fsp3) is 0.525. The molecular formula is C40H55O10P. The summed E-state index contributed by atoms with van der Waals surface area (Å²) in [5.74, 6) is -2.72. The van der Waals surface area contributed by atoms with Gasteiger partial charge in [0, 0.05) is 6.42 Å². The molecule has 0 spiro atoms. The quantitative estimate of drug-likeness (QED) is 0.0920. The van der Waals surface area contributed by atoms with Crippen molar-refractivity contribution in [2.45, 2.75) is 123 Å². The molecule has 0 aliphatic carbocycles. The Labute approximate surface area is 303 Å². The third kappa shape index (κ3) is 11.3. The summed E-state index contributed by atoms with van der Waals surface area (Å²) in [6.45, 7) is 9.61. The van der Waals surface area contributed by atoms with Gasteiger partial charge >= 0.3 is 13.8 Å². The lowest BCUT2D eigenvalue weighted by Gasteiger charge is -2.59. The van der Waals surface area contributed by atoms with E-state index in [4.69, 9.17) is 28.2 Å². The second-order valence-corrected chi connectivity index (χ2v) is 15.4. The first-order valence-corrected chi connectivity index (χ1v) is 19.5. The third-order valence-electron chi connectivity index (χ3n) is 8.98. The van der Waals surface area contributed by atoms with Gasteiger partial charge in [-0.05, 0) is 56.7 Å². The molecule has 280 valence electrons. The molecule has 3 aromatic carbocycles. The Bertz CT molecular complexity index is 1510. The van der Waals surface area contributed by atoms with Crippen molar-refractivity contribution in [2.75, 3.05) is 6.61 Å². The van der Waals surface area contributed by atoms with Crippen molar-refractivity contribution in [1.29, 1.82) is 0 Å². The lowest BCUT2D eigenvalue weighted by molar-refractivity contribution is -0.398. The first-order chi connectivity index (χ1) is 24.3. The Kier molecular flexibility index (Phi) is 15.0.